The van der Waals surface area contributed by atoms with Gasteiger partial charge in [0.25, 0.3) is 5.91 Å². The molecule has 0 radical (unpaired) electrons. The fourth-order valence-corrected chi connectivity index (χ4v) is 5.44. The lowest BCUT2D eigenvalue weighted by Gasteiger charge is -2.32. The number of alkyl halides is 2. The summed E-state index contributed by atoms with van der Waals surface area (Å²) in [5.41, 5.74) is 0.482. The molecule has 1 heterocycles. The quantitative estimate of drug-likeness (QED) is 0.555. The molecule has 2 aromatic rings. The second-order valence-corrected chi connectivity index (χ2v) is 9.83. The number of ether oxygens (including phenoxy) is 2. The third-order valence-electron chi connectivity index (χ3n) is 5.49. The van der Waals surface area contributed by atoms with Gasteiger partial charge < -0.3 is 14.8 Å². The summed E-state index contributed by atoms with van der Waals surface area (Å²) in [5.74, 6) is -1.89. The lowest BCUT2D eigenvalue weighted by Crippen LogP contribution is -2.41. The topological polar surface area (TPSA) is 102 Å². The summed E-state index contributed by atoms with van der Waals surface area (Å²) in [4.78, 5) is 24.8. The Morgan fingerprint density at radius 1 is 1.18 bits per heavy atom. The molecule has 184 valence electrons. The number of nitrogens with one attached hydrogen (secondary N) is 1. The van der Waals surface area contributed by atoms with E-state index in [9.17, 15) is 26.8 Å². The maximum Gasteiger partial charge on any atom is 0.387 e. The molecule has 1 amide bonds. The number of para-hydroxylation sites is 2. The number of benzene rings is 2. The van der Waals surface area contributed by atoms with Gasteiger partial charge in [-0.05, 0) is 56.5 Å². The number of sulfonamides is 1. The average molecular weight is 497 g/mol. The fraction of sp³-hybridized carbons (Fsp3) is 0.391. The van der Waals surface area contributed by atoms with Crippen molar-refractivity contribution < 1.29 is 36.3 Å². The van der Waals surface area contributed by atoms with Crippen molar-refractivity contribution in [2.75, 3.05) is 18.5 Å². The molecule has 1 fully saturated rings. The predicted octanol–water partition coefficient (Wildman–Crippen LogP) is 3.96. The average Bonchev–Trinajstić information content (AvgIpc) is 2.79. The Morgan fingerprint density at radius 3 is 2.62 bits per heavy atom. The van der Waals surface area contributed by atoms with Crippen LogP contribution in [0.5, 0.6) is 5.75 Å². The van der Waals surface area contributed by atoms with E-state index < -0.39 is 35.1 Å². The first kappa shape index (κ1) is 25.6. The second kappa shape index (κ2) is 10.9. The number of piperidine rings is 1. The molecule has 0 spiro atoms. The van der Waals surface area contributed by atoms with Gasteiger partial charge in [0.05, 0.1) is 16.1 Å². The number of esters is 1. The molecule has 11 heteroatoms. The van der Waals surface area contributed by atoms with Crippen LogP contribution in [0.4, 0.5) is 14.5 Å². The Balaban J connectivity index is 1.69. The molecule has 3 rings (SSSR count). The highest BCUT2D eigenvalue weighted by molar-refractivity contribution is 7.89. The maximum atomic E-state index is 13.1. The maximum absolute atomic E-state index is 13.1. The van der Waals surface area contributed by atoms with Gasteiger partial charge in [-0.25, -0.2) is 13.2 Å². The molecule has 0 saturated carbocycles. The third kappa shape index (κ3) is 6.09. The van der Waals surface area contributed by atoms with Gasteiger partial charge in [0.15, 0.2) is 6.61 Å². The molecule has 0 aliphatic carbocycles. The molecule has 0 aromatic heterocycles. The third-order valence-corrected chi connectivity index (χ3v) is 7.50. The molecule has 1 atom stereocenters. The lowest BCUT2D eigenvalue weighted by molar-refractivity contribution is -0.119. The van der Waals surface area contributed by atoms with Gasteiger partial charge >= 0.3 is 12.6 Å². The molecule has 1 unspecified atom stereocenters. The van der Waals surface area contributed by atoms with Gasteiger partial charge in [-0.3, -0.25) is 4.79 Å². The monoisotopic (exact) mass is 496 g/mol. The van der Waals surface area contributed by atoms with Gasteiger partial charge in [-0.1, -0.05) is 24.6 Å². The fourth-order valence-electron chi connectivity index (χ4n) is 3.71. The number of amides is 1. The molecular weight excluding hydrogens is 470 g/mol. The highest BCUT2D eigenvalue weighted by Gasteiger charge is 2.31. The van der Waals surface area contributed by atoms with Crippen molar-refractivity contribution in [3.8, 4) is 5.75 Å². The summed E-state index contributed by atoms with van der Waals surface area (Å²) >= 11 is 0. The van der Waals surface area contributed by atoms with E-state index in [0.29, 0.717) is 12.1 Å². The van der Waals surface area contributed by atoms with E-state index in [1.54, 1.807) is 6.92 Å². The summed E-state index contributed by atoms with van der Waals surface area (Å²) < 4.78 is 62.1. The van der Waals surface area contributed by atoms with Crippen molar-refractivity contribution in [1.29, 1.82) is 0 Å². The number of hydrogen-bond acceptors (Lipinski definition) is 6. The first-order valence-corrected chi connectivity index (χ1v) is 12.2. The Hall–Kier alpha value is -3.05. The molecule has 1 aliphatic heterocycles. The van der Waals surface area contributed by atoms with Crippen LogP contribution >= 0.6 is 0 Å². The van der Waals surface area contributed by atoms with Crippen molar-refractivity contribution in [3.63, 3.8) is 0 Å². The largest absolute Gasteiger partial charge is 0.452 e. The Labute approximate surface area is 196 Å². The van der Waals surface area contributed by atoms with Gasteiger partial charge in [0.2, 0.25) is 10.0 Å². The minimum Gasteiger partial charge on any atom is -0.452 e. The van der Waals surface area contributed by atoms with E-state index in [-0.39, 0.29) is 27.9 Å². The number of rotatable bonds is 8. The van der Waals surface area contributed by atoms with Crippen LogP contribution in [-0.2, 0) is 19.6 Å². The number of anilines is 1. The SMILES string of the molecule is Cc1ccc(S(=O)(=O)N2CCCCC2C)cc1C(=O)OCC(=O)Nc1ccccc1OC(F)F. The molecule has 8 nitrogen and oxygen atoms in total. The van der Waals surface area contributed by atoms with E-state index in [1.165, 1.54) is 46.8 Å². The van der Waals surface area contributed by atoms with Crippen molar-refractivity contribution in [2.24, 2.45) is 0 Å². The van der Waals surface area contributed by atoms with E-state index in [0.717, 1.165) is 19.3 Å². The lowest BCUT2D eigenvalue weighted by atomic mass is 10.1. The van der Waals surface area contributed by atoms with Gasteiger partial charge in [-0.2, -0.15) is 13.1 Å². The molecule has 1 N–H and O–H groups in total. The molecule has 34 heavy (non-hydrogen) atoms. The number of nitrogens with zero attached hydrogens (tertiary/aromatic N) is 1. The molecule has 1 saturated heterocycles. The molecular formula is C23H26F2N2O6S. The van der Waals surface area contributed by atoms with Crippen molar-refractivity contribution >= 4 is 27.6 Å². The number of carbonyl (C=O) groups excluding carboxylic acids is 2. The predicted molar refractivity (Wildman–Crippen MR) is 120 cm³/mol. The molecule has 1 aliphatic rings. The van der Waals surface area contributed by atoms with Crippen LogP contribution in [0.1, 0.15) is 42.1 Å². The normalized spacial score (nSPS) is 16.8. The van der Waals surface area contributed by atoms with Crippen LogP contribution in [0.15, 0.2) is 47.4 Å². The van der Waals surface area contributed by atoms with Gasteiger partial charge in [-0.15, -0.1) is 0 Å². The highest BCUT2D eigenvalue weighted by atomic mass is 32.2. The van der Waals surface area contributed by atoms with E-state index in [2.05, 4.69) is 10.1 Å². The smallest absolute Gasteiger partial charge is 0.387 e. The van der Waals surface area contributed by atoms with E-state index >= 15 is 0 Å². The number of carbonyl (C=O) groups is 2. The van der Waals surface area contributed by atoms with Crippen LogP contribution in [0, 0.1) is 6.92 Å². The standard InChI is InChI=1S/C23H26F2N2O6S/c1-15-10-11-17(34(30,31)27-12-6-5-7-16(27)2)13-18(15)22(29)32-14-21(28)26-19-8-3-4-9-20(19)33-23(24)25/h3-4,8-11,13,16,23H,5-7,12,14H2,1-2H3,(H,26,28). The number of halogens is 2. The molecule has 0 bridgehead atoms. The number of aryl methyl sites for hydroxylation is 1. The Bertz CT molecular complexity index is 1160. The summed E-state index contributed by atoms with van der Waals surface area (Å²) in [5, 5.41) is 2.34. The van der Waals surface area contributed by atoms with E-state index in [1.807, 2.05) is 6.92 Å². The van der Waals surface area contributed by atoms with Crippen LogP contribution in [0.3, 0.4) is 0 Å². The zero-order valence-electron chi connectivity index (χ0n) is 18.8. The van der Waals surface area contributed by atoms with Crippen LogP contribution in [0.2, 0.25) is 0 Å². The minimum absolute atomic E-state index is 0.0104. The summed E-state index contributed by atoms with van der Waals surface area (Å²) in [7, 11) is -3.80. The van der Waals surface area contributed by atoms with Gasteiger partial charge in [0, 0.05) is 12.6 Å². The number of hydrogen-bond donors (Lipinski definition) is 1. The summed E-state index contributed by atoms with van der Waals surface area (Å²) in [6.07, 6.45) is 2.49. The highest BCUT2D eigenvalue weighted by Crippen LogP contribution is 2.27. The van der Waals surface area contributed by atoms with Crippen molar-refractivity contribution in [2.45, 2.75) is 50.7 Å². The Kier molecular flexibility index (Phi) is 8.21. The zero-order valence-corrected chi connectivity index (χ0v) is 19.6. The van der Waals surface area contributed by atoms with Crippen molar-refractivity contribution in [1.82, 2.24) is 4.31 Å². The summed E-state index contributed by atoms with van der Waals surface area (Å²) in [6.45, 7) is 0.100. The van der Waals surface area contributed by atoms with E-state index in [4.69, 9.17) is 4.74 Å². The van der Waals surface area contributed by atoms with Crippen LogP contribution in [0.25, 0.3) is 0 Å². The minimum atomic E-state index is -3.80. The summed E-state index contributed by atoms with van der Waals surface area (Å²) in [6, 6.07) is 9.64. The van der Waals surface area contributed by atoms with Gasteiger partial charge in [0.1, 0.15) is 5.75 Å². The van der Waals surface area contributed by atoms with Crippen molar-refractivity contribution in [3.05, 3.63) is 53.6 Å². The Morgan fingerprint density at radius 2 is 1.91 bits per heavy atom. The molecule has 2 aromatic carbocycles. The first-order chi connectivity index (χ1) is 16.1. The van der Waals surface area contributed by atoms with Crippen LogP contribution in [-0.4, -0.2) is 50.4 Å². The first-order valence-electron chi connectivity index (χ1n) is 10.7. The van der Waals surface area contributed by atoms with Crippen LogP contribution < -0.4 is 10.1 Å². The second-order valence-electron chi connectivity index (χ2n) is 7.94. The zero-order chi connectivity index (χ0) is 24.9.